The average molecular weight is 378 g/mol. The van der Waals surface area contributed by atoms with E-state index in [1.807, 2.05) is 0 Å². The second-order valence-electron chi connectivity index (χ2n) is 7.99. The highest BCUT2D eigenvalue weighted by Gasteiger charge is 2.17. The fraction of sp³-hybridized carbons (Fsp3) is 0.148. The van der Waals surface area contributed by atoms with Gasteiger partial charge in [-0.3, -0.25) is 0 Å². The SMILES string of the molecule is Cc1ccc2c(c1)oc1cc(-c3cc(-c4ccccc4C)[n+](C)cc3C)ccc12. The molecule has 0 spiro atoms. The van der Waals surface area contributed by atoms with Crippen LogP contribution in [0.5, 0.6) is 0 Å². The fourth-order valence-electron chi connectivity index (χ4n) is 4.27. The Morgan fingerprint density at radius 2 is 1.41 bits per heavy atom. The molecule has 0 saturated carbocycles. The van der Waals surface area contributed by atoms with Gasteiger partial charge in [0.15, 0.2) is 6.20 Å². The summed E-state index contributed by atoms with van der Waals surface area (Å²) in [5.74, 6) is 0. The fourth-order valence-corrected chi connectivity index (χ4v) is 4.27. The van der Waals surface area contributed by atoms with Crippen LogP contribution < -0.4 is 4.57 Å². The normalized spacial score (nSPS) is 11.4. The summed E-state index contributed by atoms with van der Waals surface area (Å²) >= 11 is 0. The van der Waals surface area contributed by atoms with Crippen LogP contribution in [0, 0.1) is 20.8 Å². The Morgan fingerprint density at radius 3 is 2.21 bits per heavy atom. The van der Waals surface area contributed by atoms with Crippen LogP contribution in [0.4, 0.5) is 0 Å². The van der Waals surface area contributed by atoms with Gasteiger partial charge in [-0.1, -0.05) is 36.4 Å². The number of pyridine rings is 1. The number of rotatable bonds is 2. The van der Waals surface area contributed by atoms with Crippen LogP contribution in [0.2, 0.25) is 0 Å². The maximum absolute atomic E-state index is 6.19. The van der Waals surface area contributed by atoms with Crippen molar-refractivity contribution in [2.45, 2.75) is 20.8 Å². The summed E-state index contributed by atoms with van der Waals surface area (Å²) in [6, 6.07) is 23.8. The van der Waals surface area contributed by atoms with Crippen LogP contribution in [0.3, 0.4) is 0 Å². The summed E-state index contributed by atoms with van der Waals surface area (Å²) < 4.78 is 8.40. The molecule has 0 saturated heterocycles. The number of aryl methyl sites for hydroxylation is 4. The lowest BCUT2D eigenvalue weighted by molar-refractivity contribution is -0.660. The molecule has 0 unspecified atom stereocenters. The number of furan rings is 1. The van der Waals surface area contributed by atoms with Crippen molar-refractivity contribution in [1.82, 2.24) is 0 Å². The third-order valence-electron chi connectivity index (χ3n) is 5.83. The summed E-state index contributed by atoms with van der Waals surface area (Å²) in [5.41, 5.74) is 10.5. The first-order valence-corrected chi connectivity index (χ1v) is 10.0. The molecular formula is C27H24NO+. The van der Waals surface area contributed by atoms with Gasteiger partial charge in [0.25, 0.3) is 0 Å². The zero-order chi connectivity index (χ0) is 20.1. The van der Waals surface area contributed by atoms with Gasteiger partial charge in [0.2, 0.25) is 5.69 Å². The highest BCUT2D eigenvalue weighted by molar-refractivity contribution is 6.06. The third-order valence-corrected chi connectivity index (χ3v) is 5.83. The summed E-state index contributed by atoms with van der Waals surface area (Å²) in [4.78, 5) is 0. The van der Waals surface area contributed by atoms with E-state index in [0.717, 1.165) is 11.2 Å². The van der Waals surface area contributed by atoms with Crippen molar-refractivity contribution in [2.75, 3.05) is 0 Å². The van der Waals surface area contributed by atoms with Gasteiger partial charge in [-0.05, 0) is 67.3 Å². The van der Waals surface area contributed by atoms with E-state index in [-0.39, 0.29) is 0 Å². The lowest BCUT2D eigenvalue weighted by Crippen LogP contribution is -2.31. The maximum atomic E-state index is 6.19. The molecule has 0 N–H and O–H groups in total. The van der Waals surface area contributed by atoms with Crippen LogP contribution in [-0.4, -0.2) is 0 Å². The van der Waals surface area contributed by atoms with E-state index in [0.29, 0.717) is 0 Å². The van der Waals surface area contributed by atoms with Crippen LogP contribution >= 0.6 is 0 Å². The van der Waals surface area contributed by atoms with Crippen LogP contribution in [0.15, 0.2) is 77.3 Å². The molecule has 0 atom stereocenters. The molecule has 0 fully saturated rings. The molecule has 0 aliphatic rings. The molecule has 2 heterocycles. The minimum absolute atomic E-state index is 0.938. The second kappa shape index (κ2) is 6.59. The van der Waals surface area contributed by atoms with E-state index in [2.05, 4.69) is 105 Å². The van der Waals surface area contributed by atoms with E-state index < -0.39 is 0 Å². The van der Waals surface area contributed by atoms with Crippen molar-refractivity contribution in [3.63, 3.8) is 0 Å². The molecule has 0 aliphatic carbocycles. The Hall–Kier alpha value is -3.39. The smallest absolute Gasteiger partial charge is 0.213 e. The van der Waals surface area contributed by atoms with Gasteiger partial charge >= 0.3 is 0 Å². The first-order chi connectivity index (χ1) is 14.0. The van der Waals surface area contributed by atoms with Gasteiger partial charge in [-0.2, -0.15) is 0 Å². The highest BCUT2D eigenvalue weighted by atomic mass is 16.3. The third kappa shape index (κ3) is 2.92. The number of nitrogens with zero attached hydrogens (tertiary/aromatic N) is 1. The topological polar surface area (TPSA) is 17.0 Å². The molecule has 2 aromatic heterocycles. The first-order valence-electron chi connectivity index (χ1n) is 10.0. The van der Waals surface area contributed by atoms with Gasteiger partial charge in [0, 0.05) is 28.0 Å². The zero-order valence-electron chi connectivity index (χ0n) is 17.3. The molecule has 5 aromatic rings. The molecule has 2 nitrogen and oxygen atoms in total. The summed E-state index contributed by atoms with van der Waals surface area (Å²) in [6.45, 7) is 6.43. The van der Waals surface area contributed by atoms with Crippen LogP contribution in [-0.2, 0) is 7.05 Å². The van der Waals surface area contributed by atoms with Crippen molar-refractivity contribution in [3.05, 3.63) is 89.6 Å². The zero-order valence-corrected chi connectivity index (χ0v) is 17.3. The Balaban J connectivity index is 1.71. The molecule has 29 heavy (non-hydrogen) atoms. The van der Waals surface area contributed by atoms with E-state index in [9.17, 15) is 0 Å². The highest BCUT2D eigenvalue weighted by Crippen LogP contribution is 2.34. The standard InChI is InChI=1S/C27H24NO/c1-17-9-11-22-23-12-10-20(14-27(23)29-26(22)13-17)24-15-25(28(4)16-19(24)3)21-8-6-5-7-18(21)2/h5-16H,1-4H3/q+1. The number of benzene rings is 3. The minimum Gasteiger partial charge on any atom is -0.456 e. The number of hydrogen-bond acceptors (Lipinski definition) is 1. The van der Waals surface area contributed by atoms with Gasteiger partial charge in [-0.15, -0.1) is 0 Å². The maximum Gasteiger partial charge on any atom is 0.213 e. The van der Waals surface area contributed by atoms with Crippen molar-refractivity contribution in [1.29, 1.82) is 0 Å². The molecule has 142 valence electrons. The second-order valence-corrected chi connectivity index (χ2v) is 7.99. The molecule has 0 amide bonds. The van der Waals surface area contributed by atoms with E-state index in [1.54, 1.807) is 0 Å². The summed E-state index contributed by atoms with van der Waals surface area (Å²) in [6.07, 6.45) is 2.21. The van der Waals surface area contributed by atoms with E-state index >= 15 is 0 Å². The van der Waals surface area contributed by atoms with Crippen molar-refractivity contribution >= 4 is 21.9 Å². The molecule has 0 bridgehead atoms. The quantitative estimate of drug-likeness (QED) is 0.314. The Labute approximate surface area is 171 Å². The Kier molecular flexibility index (Phi) is 4.02. The predicted molar refractivity (Wildman–Crippen MR) is 120 cm³/mol. The van der Waals surface area contributed by atoms with E-state index in [4.69, 9.17) is 4.42 Å². The lowest BCUT2D eigenvalue weighted by atomic mass is 9.97. The molecule has 5 rings (SSSR count). The first kappa shape index (κ1) is 17.7. The van der Waals surface area contributed by atoms with Crippen LogP contribution in [0.25, 0.3) is 44.3 Å². The molecule has 2 heteroatoms. The lowest BCUT2D eigenvalue weighted by Gasteiger charge is -2.10. The number of hydrogen-bond donors (Lipinski definition) is 0. The van der Waals surface area contributed by atoms with E-state index in [1.165, 1.54) is 49.8 Å². The molecular weight excluding hydrogens is 354 g/mol. The molecule has 0 radical (unpaired) electrons. The minimum atomic E-state index is 0.938. The van der Waals surface area contributed by atoms with Gasteiger partial charge in [0.05, 0.1) is 0 Å². The van der Waals surface area contributed by atoms with Gasteiger partial charge < -0.3 is 4.42 Å². The largest absolute Gasteiger partial charge is 0.456 e. The summed E-state index contributed by atoms with van der Waals surface area (Å²) in [7, 11) is 2.11. The van der Waals surface area contributed by atoms with Crippen molar-refractivity contribution < 1.29 is 8.98 Å². The average Bonchev–Trinajstić information content (AvgIpc) is 3.05. The monoisotopic (exact) mass is 378 g/mol. The Bertz CT molecular complexity index is 1390. The van der Waals surface area contributed by atoms with Crippen molar-refractivity contribution in [2.24, 2.45) is 7.05 Å². The number of fused-ring (bicyclic) bond motifs is 3. The predicted octanol–water partition coefficient (Wildman–Crippen LogP) is 6.67. The van der Waals surface area contributed by atoms with Gasteiger partial charge in [-0.25, -0.2) is 4.57 Å². The number of aromatic nitrogens is 1. The van der Waals surface area contributed by atoms with Gasteiger partial charge in [0.1, 0.15) is 18.2 Å². The Morgan fingerprint density at radius 1 is 0.690 bits per heavy atom. The van der Waals surface area contributed by atoms with Crippen LogP contribution in [0.1, 0.15) is 16.7 Å². The van der Waals surface area contributed by atoms with Crippen molar-refractivity contribution in [3.8, 4) is 22.4 Å². The molecule has 3 aromatic carbocycles. The molecule has 0 aliphatic heterocycles. The summed E-state index contributed by atoms with van der Waals surface area (Å²) in [5, 5.41) is 2.34.